The van der Waals surface area contributed by atoms with Crippen LogP contribution in [-0.4, -0.2) is 16.8 Å². The Morgan fingerprint density at radius 1 is 1.36 bits per heavy atom. The summed E-state index contributed by atoms with van der Waals surface area (Å²) < 4.78 is 0. The molecular formula is C9H7Cl3O2. The van der Waals surface area contributed by atoms with Gasteiger partial charge in [0, 0.05) is 17.3 Å². The van der Waals surface area contributed by atoms with Gasteiger partial charge in [0.05, 0.1) is 10.6 Å². The van der Waals surface area contributed by atoms with Crippen LogP contribution in [0.1, 0.15) is 16.8 Å². The normalized spacial score (nSPS) is 10.2. The van der Waals surface area contributed by atoms with E-state index >= 15 is 0 Å². The number of halogens is 3. The minimum Gasteiger partial charge on any atom is -0.506 e. The molecule has 0 saturated heterocycles. The van der Waals surface area contributed by atoms with Gasteiger partial charge in [-0.2, -0.15) is 0 Å². The van der Waals surface area contributed by atoms with E-state index in [1.807, 2.05) is 0 Å². The van der Waals surface area contributed by atoms with E-state index in [4.69, 9.17) is 34.8 Å². The number of carbonyl (C=O) groups excluding carboxylic acids is 1. The lowest BCUT2D eigenvalue weighted by atomic mass is 10.1. The number of benzene rings is 1. The van der Waals surface area contributed by atoms with Gasteiger partial charge < -0.3 is 5.11 Å². The van der Waals surface area contributed by atoms with E-state index in [1.54, 1.807) is 0 Å². The highest BCUT2D eigenvalue weighted by molar-refractivity contribution is 6.36. The Balaban J connectivity index is 3.13. The van der Waals surface area contributed by atoms with E-state index in [1.165, 1.54) is 12.1 Å². The lowest BCUT2D eigenvalue weighted by Crippen LogP contribution is -2.00. The minimum atomic E-state index is -0.276. The van der Waals surface area contributed by atoms with Crippen molar-refractivity contribution in [2.24, 2.45) is 0 Å². The molecule has 0 aromatic heterocycles. The first-order valence-electron chi connectivity index (χ1n) is 3.83. The number of carbonyl (C=O) groups is 1. The summed E-state index contributed by atoms with van der Waals surface area (Å²) >= 11 is 16.7. The number of ketones is 1. The first-order chi connectivity index (χ1) is 6.56. The van der Waals surface area contributed by atoms with Gasteiger partial charge in [0.1, 0.15) is 5.75 Å². The number of alkyl halides is 1. The average Bonchev–Trinajstić information content (AvgIpc) is 2.11. The first kappa shape index (κ1) is 11.6. The van der Waals surface area contributed by atoms with E-state index in [0.29, 0.717) is 5.02 Å². The summed E-state index contributed by atoms with van der Waals surface area (Å²) in [5.41, 5.74) is 0.114. The van der Waals surface area contributed by atoms with Gasteiger partial charge in [-0.25, -0.2) is 0 Å². The monoisotopic (exact) mass is 252 g/mol. The molecule has 0 bridgehead atoms. The van der Waals surface area contributed by atoms with Gasteiger partial charge in [-0.1, -0.05) is 23.2 Å². The van der Waals surface area contributed by atoms with Crippen molar-refractivity contribution in [2.75, 3.05) is 5.88 Å². The van der Waals surface area contributed by atoms with E-state index < -0.39 is 0 Å². The molecule has 0 heterocycles. The topological polar surface area (TPSA) is 37.3 Å². The quantitative estimate of drug-likeness (QED) is 0.661. The lowest BCUT2D eigenvalue weighted by molar-refractivity contribution is 0.0986. The van der Waals surface area contributed by atoms with E-state index in [-0.39, 0.29) is 34.4 Å². The Labute approximate surface area is 96.4 Å². The molecule has 0 aliphatic carbocycles. The van der Waals surface area contributed by atoms with Crippen LogP contribution < -0.4 is 0 Å². The van der Waals surface area contributed by atoms with Crippen molar-refractivity contribution in [3.05, 3.63) is 27.7 Å². The largest absolute Gasteiger partial charge is 0.506 e. The Bertz CT molecular complexity index is 363. The highest BCUT2D eigenvalue weighted by Crippen LogP contribution is 2.31. The fourth-order valence-electron chi connectivity index (χ4n) is 0.999. The molecule has 14 heavy (non-hydrogen) atoms. The zero-order chi connectivity index (χ0) is 10.7. The van der Waals surface area contributed by atoms with Crippen LogP contribution in [0.25, 0.3) is 0 Å². The summed E-state index contributed by atoms with van der Waals surface area (Å²) in [5, 5.41) is 9.84. The Morgan fingerprint density at radius 3 is 2.57 bits per heavy atom. The van der Waals surface area contributed by atoms with E-state index in [0.717, 1.165) is 0 Å². The third-order valence-corrected chi connectivity index (χ3v) is 2.35. The molecule has 0 amide bonds. The van der Waals surface area contributed by atoms with Crippen molar-refractivity contribution in [2.45, 2.75) is 6.42 Å². The van der Waals surface area contributed by atoms with Gasteiger partial charge in [-0.3, -0.25) is 4.79 Å². The molecule has 1 aromatic carbocycles. The van der Waals surface area contributed by atoms with Gasteiger partial charge in [-0.05, 0) is 12.1 Å². The van der Waals surface area contributed by atoms with Gasteiger partial charge in [-0.15, -0.1) is 11.6 Å². The van der Waals surface area contributed by atoms with Crippen molar-refractivity contribution < 1.29 is 9.90 Å². The highest BCUT2D eigenvalue weighted by atomic mass is 35.5. The van der Waals surface area contributed by atoms with Crippen molar-refractivity contribution in [1.82, 2.24) is 0 Å². The average molecular weight is 254 g/mol. The molecule has 5 heteroatoms. The van der Waals surface area contributed by atoms with Crippen molar-refractivity contribution in [3.8, 4) is 5.75 Å². The maximum absolute atomic E-state index is 11.4. The summed E-state index contributed by atoms with van der Waals surface area (Å²) in [7, 11) is 0. The molecule has 0 saturated carbocycles. The highest BCUT2D eigenvalue weighted by Gasteiger charge is 2.14. The predicted molar refractivity (Wildman–Crippen MR) is 57.8 cm³/mol. The maximum atomic E-state index is 11.4. The van der Waals surface area contributed by atoms with E-state index in [9.17, 15) is 9.90 Å². The standard InChI is InChI=1S/C9H7Cl3O2/c10-2-1-8(13)6-3-5(11)4-7(12)9(6)14/h3-4,14H,1-2H2. The molecule has 0 atom stereocenters. The number of hydrogen-bond acceptors (Lipinski definition) is 2. The third kappa shape index (κ3) is 2.53. The second-order valence-corrected chi connectivity index (χ2v) is 3.87. The molecule has 0 spiro atoms. The second-order valence-electron chi connectivity index (χ2n) is 2.65. The maximum Gasteiger partial charge on any atom is 0.167 e. The summed E-state index contributed by atoms with van der Waals surface area (Å²) in [5.74, 6) is -0.323. The Hall–Kier alpha value is -0.440. The van der Waals surface area contributed by atoms with Gasteiger partial charge >= 0.3 is 0 Å². The fraction of sp³-hybridized carbons (Fsp3) is 0.222. The first-order valence-corrected chi connectivity index (χ1v) is 5.12. The van der Waals surface area contributed by atoms with Crippen molar-refractivity contribution >= 4 is 40.6 Å². The van der Waals surface area contributed by atoms with Crippen LogP contribution in [0.3, 0.4) is 0 Å². The van der Waals surface area contributed by atoms with Crippen molar-refractivity contribution in [1.29, 1.82) is 0 Å². The predicted octanol–water partition coefficient (Wildman–Crippen LogP) is 3.51. The van der Waals surface area contributed by atoms with E-state index in [2.05, 4.69) is 0 Å². The molecule has 0 radical (unpaired) electrons. The molecule has 0 fully saturated rings. The smallest absolute Gasteiger partial charge is 0.167 e. The van der Waals surface area contributed by atoms with Crippen LogP contribution >= 0.6 is 34.8 Å². The number of phenolic OH excluding ortho intramolecular Hbond substituents is 1. The Morgan fingerprint density at radius 2 is 2.00 bits per heavy atom. The zero-order valence-corrected chi connectivity index (χ0v) is 9.33. The molecule has 1 aromatic rings. The van der Waals surface area contributed by atoms with Gasteiger partial charge in [0.2, 0.25) is 0 Å². The molecule has 2 nitrogen and oxygen atoms in total. The van der Waals surface area contributed by atoms with Crippen LogP contribution in [0.5, 0.6) is 5.75 Å². The zero-order valence-electron chi connectivity index (χ0n) is 7.06. The molecule has 76 valence electrons. The van der Waals surface area contributed by atoms with Crippen LogP contribution in [0, 0.1) is 0 Å². The van der Waals surface area contributed by atoms with Crippen LogP contribution in [0.2, 0.25) is 10.0 Å². The second kappa shape index (κ2) is 4.87. The van der Waals surface area contributed by atoms with Crippen LogP contribution in [-0.2, 0) is 0 Å². The summed E-state index contributed by atoms with van der Waals surface area (Å²) in [6.45, 7) is 0. The summed E-state index contributed by atoms with van der Waals surface area (Å²) in [4.78, 5) is 11.4. The van der Waals surface area contributed by atoms with Crippen LogP contribution in [0.4, 0.5) is 0 Å². The van der Waals surface area contributed by atoms with Gasteiger partial charge in [0.15, 0.2) is 5.78 Å². The number of aromatic hydroxyl groups is 1. The molecule has 0 aliphatic rings. The minimum absolute atomic E-state index is 0.0652. The third-order valence-electron chi connectivity index (χ3n) is 1.65. The summed E-state index contributed by atoms with van der Waals surface area (Å²) in [6.07, 6.45) is 0.145. The lowest BCUT2D eigenvalue weighted by Gasteiger charge is -2.04. The number of Topliss-reactive ketones (excluding diaryl/α,β-unsaturated/α-hetero) is 1. The van der Waals surface area contributed by atoms with Crippen LogP contribution in [0.15, 0.2) is 12.1 Å². The number of hydrogen-bond donors (Lipinski definition) is 1. The fourth-order valence-corrected chi connectivity index (χ4v) is 1.66. The Kier molecular flexibility index (Phi) is 4.05. The van der Waals surface area contributed by atoms with Crippen molar-refractivity contribution in [3.63, 3.8) is 0 Å². The number of phenols is 1. The SMILES string of the molecule is O=C(CCCl)c1cc(Cl)cc(Cl)c1O. The molecule has 1 rings (SSSR count). The summed E-state index contributed by atoms with van der Waals surface area (Å²) in [6, 6.07) is 2.74. The molecule has 0 aliphatic heterocycles. The number of rotatable bonds is 3. The molecular weight excluding hydrogens is 246 g/mol. The molecule has 1 N–H and O–H groups in total. The molecule has 0 unspecified atom stereocenters. The van der Waals surface area contributed by atoms with Gasteiger partial charge in [0.25, 0.3) is 0 Å².